The maximum Gasteiger partial charge on any atom is 0.431 e. The number of rotatable bonds is 7. The summed E-state index contributed by atoms with van der Waals surface area (Å²) in [6.07, 6.45) is 3.86. The molecule has 1 amide bonds. The fourth-order valence-electron chi connectivity index (χ4n) is 3.08. The zero-order chi connectivity index (χ0) is 22.7. The van der Waals surface area contributed by atoms with Crippen LogP contribution in [0.2, 0.25) is 6.82 Å². The highest BCUT2D eigenvalue weighted by molar-refractivity contribution is 6.47. The van der Waals surface area contributed by atoms with Crippen molar-refractivity contribution in [3.8, 4) is 0 Å². The molecule has 0 atom stereocenters. The van der Waals surface area contributed by atoms with Gasteiger partial charge in [0.15, 0.2) is 11.6 Å². The molecule has 160 valence electrons. The Labute approximate surface area is 183 Å². The standard InChI is InChI=1S/C21H19BFN7O2/c1-3-19(31)26-14-5-4-6-15(10-14)27-20-17(23)12-24-21(29-20)28-16-7-8-18-13(9-16)11-25-30(18)22(2)32/h3-12,32H,1H2,2H3,(H,26,31)(H2,24,27,28,29). The summed E-state index contributed by atoms with van der Waals surface area (Å²) < 4.78 is 15.8. The number of aromatic nitrogens is 4. The van der Waals surface area contributed by atoms with Gasteiger partial charge in [-0.1, -0.05) is 12.6 Å². The van der Waals surface area contributed by atoms with Crippen LogP contribution in [0.25, 0.3) is 10.9 Å². The summed E-state index contributed by atoms with van der Waals surface area (Å²) in [4.78, 5) is 19.7. The molecule has 0 unspecified atom stereocenters. The average molecular weight is 431 g/mol. The first-order valence-electron chi connectivity index (χ1n) is 9.68. The molecule has 4 N–H and O–H groups in total. The van der Waals surface area contributed by atoms with Crippen LogP contribution in [-0.2, 0) is 4.79 Å². The maximum atomic E-state index is 14.3. The van der Waals surface area contributed by atoms with Crippen molar-refractivity contribution in [3.05, 3.63) is 73.3 Å². The maximum absolute atomic E-state index is 14.3. The summed E-state index contributed by atoms with van der Waals surface area (Å²) in [5, 5.41) is 23.3. The Morgan fingerprint density at radius 2 is 1.94 bits per heavy atom. The smallest absolute Gasteiger partial charge is 0.431 e. The molecular formula is C21H19BFN7O2. The number of carbonyl (C=O) groups is 1. The van der Waals surface area contributed by atoms with Crippen LogP contribution in [-0.4, -0.2) is 37.6 Å². The fourth-order valence-corrected chi connectivity index (χ4v) is 3.08. The first kappa shape index (κ1) is 21.0. The summed E-state index contributed by atoms with van der Waals surface area (Å²) in [6, 6.07) is 12.2. The minimum absolute atomic E-state index is 0.0299. The molecule has 0 aliphatic rings. The second-order valence-electron chi connectivity index (χ2n) is 6.91. The average Bonchev–Trinajstić information content (AvgIpc) is 3.20. The van der Waals surface area contributed by atoms with E-state index in [0.717, 1.165) is 23.2 Å². The lowest BCUT2D eigenvalue weighted by atomic mass is 9.89. The van der Waals surface area contributed by atoms with E-state index in [4.69, 9.17) is 0 Å². The van der Waals surface area contributed by atoms with E-state index < -0.39 is 12.9 Å². The molecular weight excluding hydrogens is 412 g/mol. The van der Waals surface area contributed by atoms with Gasteiger partial charge in [0.25, 0.3) is 0 Å². The van der Waals surface area contributed by atoms with Crippen LogP contribution in [0.1, 0.15) is 0 Å². The van der Waals surface area contributed by atoms with E-state index in [1.54, 1.807) is 43.4 Å². The molecule has 0 spiro atoms. The number of carbonyl (C=O) groups excluding carboxylic acids is 1. The number of hydrogen-bond acceptors (Lipinski definition) is 7. The monoisotopic (exact) mass is 431 g/mol. The zero-order valence-electron chi connectivity index (χ0n) is 17.1. The summed E-state index contributed by atoms with van der Waals surface area (Å²) in [6.45, 7) is 5.04. The van der Waals surface area contributed by atoms with Crippen molar-refractivity contribution in [1.29, 1.82) is 0 Å². The van der Waals surface area contributed by atoms with Crippen LogP contribution < -0.4 is 16.0 Å². The highest BCUT2D eigenvalue weighted by Gasteiger charge is 2.13. The van der Waals surface area contributed by atoms with Crippen molar-refractivity contribution < 1.29 is 14.2 Å². The molecule has 0 aliphatic heterocycles. The molecule has 4 aromatic rings. The number of hydrogen-bond donors (Lipinski definition) is 4. The van der Waals surface area contributed by atoms with Crippen LogP contribution in [0.3, 0.4) is 0 Å². The predicted molar refractivity (Wildman–Crippen MR) is 123 cm³/mol. The van der Waals surface area contributed by atoms with Crippen LogP contribution in [0, 0.1) is 5.82 Å². The van der Waals surface area contributed by atoms with Crippen LogP contribution >= 0.6 is 0 Å². The highest BCUT2D eigenvalue weighted by atomic mass is 19.1. The van der Waals surface area contributed by atoms with Gasteiger partial charge in [0, 0.05) is 22.4 Å². The molecule has 0 saturated carbocycles. The van der Waals surface area contributed by atoms with Gasteiger partial charge in [0.2, 0.25) is 11.9 Å². The third kappa shape index (κ3) is 4.57. The van der Waals surface area contributed by atoms with Gasteiger partial charge in [-0.25, -0.2) is 9.37 Å². The van der Waals surface area contributed by atoms with E-state index in [2.05, 4.69) is 37.6 Å². The molecule has 11 heteroatoms. The summed E-state index contributed by atoms with van der Waals surface area (Å²) in [5.74, 6) is -0.826. The number of halogens is 1. The normalized spacial score (nSPS) is 10.6. The minimum Gasteiger partial charge on any atom is -0.431 e. The lowest BCUT2D eigenvalue weighted by Crippen LogP contribution is -2.20. The third-order valence-electron chi connectivity index (χ3n) is 4.53. The van der Waals surface area contributed by atoms with E-state index in [-0.39, 0.29) is 17.7 Å². The van der Waals surface area contributed by atoms with Crippen molar-refractivity contribution in [2.45, 2.75) is 6.82 Å². The highest BCUT2D eigenvalue weighted by Crippen LogP contribution is 2.24. The fraction of sp³-hybridized carbons (Fsp3) is 0.0476. The molecule has 0 aliphatic carbocycles. The minimum atomic E-state index is -0.746. The van der Waals surface area contributed by atoms with Crippen molar-refractivity contribution in [2.75, 3.05) is 16.0 Å². The van der Waals surface area contributed by atoms with Gasteiger partial charge in [-0.05, 0) is 49.3 Å². The molecule has 2 aromatic carbocycles. The number of benzene rings is 2. The Kier molecular flexibility index (Phi) is 5.82. The van der Waals surface area contributed by atoms with E-state index in [1.807, 2.05) is 12.1 Å². The van der Waals surface area contributed by atoms with Crippen LogP contribution in [0.5, 0.6) is 0 Å². The van der Waals surface area contributed by atoms with Gasteiger partial charge in [-0.2, -0.15) is 10.1 Å². The molecule has 32 heavy (non-hydrogen) atoms. The molecule has 9 nitrogen and oxygen atoms in total. The van der Waals surface area contributed by atoms with E-state index in [0.29, 0.717) is 17.1 Å². The van der Waals surface area contributed by atoms with Gasteiger partial charge in [-0.15, -0.1) is 0 Å². The first-order chi connectivity index (χ1) is 15.4. The second-order valence-corrected chi connectivity index (χ2v) is 6.91. The zero-order valence-corrected chi connectivity index (χ0v) is 17.1. The number of nitrogens with one attached hydrogen (secondary N) is 3. The van der Waals surface area contributed by atoms with E-state index in [1.165, 1.54) is 4.59 Å². The molecule has 4 rings (SSSR count). The van der Waals surface area contributed by atoms with Gasteiger partial charge in [-0.3, -0.25) is 9.39 Å². The van der Waals surface area contributed by atoms with Crippen LogP contribution in [0.4, 0.5) is 33.2 Å². The lowest BCUT2D eigenvalue weighted by Gasteiger charge is -2.11. The molecule has 2 aromatic heterocycles. The number of nitrogens with zero attached hydrogens (tertiary/aromatic N) is 4. The molecule has 0 fully saturated rings. The van der Waals surface area contributed by atoms with Gasteiger partial charge in [0.05, 0.1) is 17.9 Å². The van der Waals surface area contributed by atoms with Crippen LogP contribution in [0.15, 0.2) is 67.5 Å². The Morgan fingerprint density at radius 1 is 1.16 bits per heavy atom. The number of fused-ring (bicyclic) bond motifs is 1. The Morgan fingerprint density at radius 3 is 2.72 bits per heavy atom. The molecule has 0 bridgehead atoms. The molecule has 0 saturated heterocycles. The predicted octanol–water partition coefficient (Wildman–Crippen LogP) is 3.54. The summed E-state index contributed by atoms with van der Waals surface area (Å²) >= 11 is 0. The Bertz CT molecular complexity index is 1310. The van der Waals surface area contributed by atoms with Gasteiger partial charge >= 0.3 is 7.05 Å². The number of amides is 1. The van der Waals surface area contributed by atoms with Gasteiger partial charge < -0.3 is 21.0 Å². The molecule has 0 radical (unpaired) electrons. The topological polar surface area (TPSA) is 117 Å². The largest absolute Gasteiger partial charge is 0.431 e. The third-order valence-corrected chi connectivity index (χ3v) is 4.53. The summed E-state index contributed by atoms with van der Waals surface area (Å²) in [7, 11) is -0.746. The first-order valence-corrected chi connectivity index (χ1v) is 9.68. The quantitative estimate of drug-likeness (QED) is 0.261. The van der Waals surface area contributed by atoms with Crippen molar-refractivity contribution >= 4 is 52.7 Å². The Hall–Kier alpha value is -4.25. The summed E-state index contributed by atoms with van der Waals surface area (Å²) in [5.41, 5.74) is 2.51. The van der Waals surface area contributed by atoms with Crippen molar-refractivity contribution in [1.82, 2.24) is 19.7 Å². The van der Waals surface area contributed by atoms with E-state index in [9.17, 15) is 14.2 Å². The SMILES string of the molecule is C=CC(=O)Nc1cccc(Nc2nc(Nc3ccc4c(cnn4B(C)O)c3)ncc2F)c1. The van der Waals surface area contributed by atoms with Crippen molar-refractivity contribution in [2.24, 2.45) is 0 Å². The van der Waals surface area contributed by atoms with Gasteiger partial charge in [0.1, 0.15) is 0 Å². The molecule has 2 heterocycles. The second kappa shape index (κ2) is 8.86. The van der Waals surface area contributed by atoms with Crippen molar-refractivity contribution in [3.63, 3.8) is 0 Å². The van der Waals surface area contributed by atoms with E-state index >= 15 is 0 Å². The lowest BCUT2D eigenvalue weighted by molar-refractivity contribution is -0.111. The Balaban J connectivity index is 1.54. The number of anilines is 5.